The highest BCUT2D eigenvalue weighted by atomic mass is 16.5. The van der Waals surface area contributed by atoms with Gasteiger partial charge in [-0.2, -0.15) is 0 Å². The summed E-state index contributed by atoms with van der Waals surface area (Å²) in [6.07, 6.45) is 9.62. The van der Waals surface area contributed by atoms with Gasteiger partial charge < -0.3 is 4.74 Å². The summed E-state index contributed by atoms with van der Waals surface area (Å²) in [5.74, 6) is 4.36. The van der Waals surface area contributed by atoms with Crippen LogP contribution in [0, 0.1) is 23.7 Å². The molecule has 4 bridgehead atoms. The molecule has 17 heavy (non-hydrogen) atoms. The molecule has 4 aliphatic rings. The molecule has 0 amide bonds. The predicted octanol–water partition coefficient (Wildman–Crippen LogP) is 3.57. The maximum absolute atomic E-state index is 10.2. The normalized spacial score (nSPS) is 37.1. The molecule has 0 aromatic rings. The van der Waals surface area contributed by atoms with E-state index in [1.54, 1.807) is 45.4 Å². The average molecular weight is 236 g/mol. The minimum atomic E-state index is -0.347. The number of esters is 1. The van der Waals surface area contributed by atoms with Crippen LogP contribution in [0.25, 0.3) is 0 Å². The Hall–Kier alpha value is -0.790. The van der Waals surface area contributed by atoms with Crippen LogP contribution in [-0.2, 0) is 9.53 Å². The molecule has 4 saturated carbocycles. The summed E-state index contributed by atoms with van der Waals surface area (Å²) in [7, 11) is 1.33. The van der Waals surface area contributed by atoms with Crippen molar-refractivity contribution >= 4 is 5.97 Å². The number of hydrogen-bond donors (Lipinski definition) is 0. The molecule has 0 spiro atoms. The van der Waals surface area contributed by atoms with E-state index in [0.717, 1.165) is 0 Å². The average Bonchev–Trinajstić information content (AvgIpc) is 2.26. The van der Waals surface area contributed by atoms with Gasteiger partial charge in [0.15, 0.2) is 0 Å². The van der Waals surface area contributed by atoms with Crippen molar-refractivity contribution in [2.24, 2.45) is 23.7 Å². The summed E-state index contributed by atoms with van der Waals surface area (Å²) in [4.78, 5) is 10.2. The number of carbonyl (C=O) groups excluding carboxylic acids is 1. The van der Waals surface area contributed by atoms with Gasteiger partial charge in [-0.3, -0.25) is 0 Å². The Kier molecular flexibility index (Phi) is 3.90. The summed E-state index contributed by atoms with van der Waals surface area (Å²) in [5, 5.41) is 0. The van der Waals surface area contributed by atoms with Crippen LogP contribution in [0.2, 0.25) is 0 Å². The zero-order chi connectivity index (χ0) is 12.4. The molecule has 0 saturated heterocycles. The Morgan fingerprint density at radius 2 is 1.24 bits per heavy atom. The van der Waals surface area contributed by atoms with Crippen LogP contribution in [0.15, 0.2) is 12.2 Å². The molecule has 0 aromatic heterocycles. The van der Waals surface area contributed by atoms with E-state index >= 15 is 0 Å². The van der Waals surface area contributed by atoms with E-state index in [2.05, 4.69) is 11.3 Å². The zero-order valence-electron chi connectivity index (χ0n) is 11.1. The van der Waals surface area contributed by atoms with E-state index in [9.17, 15) is 4.79 Å². The zero-order valence-corrected chi connectivity index (χ0v) is 11.1. The molecule has 0 unspecified atom stereocenters. The summed E-state index contributed by atoms with van der Waals surface area (Å²) >= 11 is 0. The molecule has 2 nitrogen and oxygen atoms in total. The maximum atomic E-state index is 10.2. The molecular weight excluding hydrogens is 212 g/mol. The van der Waals surface area contributed by atoms with Crippen LogP contribution in [0.5, 0.6) is 0 Å². The molecule has 2 heteroatoms. The van der Waals surface area contributed by atoms with Gasteiger partial charge in [0.1, 0.15) is 0 Å². The third kappa shape index (κ3) is 3.11. The van der Waals surface area contributed by atoms with Crippen molar-refractivity contribution in [3.05, 3.63) is 12.2 Å². The Morgan fingerprint density at radius 3 is 1.35 bits per heavy atom. The van der Waals surface area contributed by atoms with E-state index in [1.165, 1.54) is 30.8 Å². The number of rotatable bonds is 1. The van der Waals surface area contributed by atoms with E-state index in [-0.39, 0.29) is 5.97 Å². The van der Waals surface area contributed by atoms with Gasteiger partial charge in [-0.25, -0.2) is 4.79 Å². The fourth-order valence-corrected chi connectivity index (χ4v) is 4.16. The molecule has 0 atom stereocenters. The molecular formula is C15H24O2. The van der Waals surface area contributed by atoms with Gasteiger partial charge in [-0.1, -0.05) is 6.58 Å². The van der Waals surface area contributed by atoms with Crippen molar-refractivity contribution in [3.8, 4) is 0 Å². The number of carbonyl (C=O) groups is 1. The first kappa shape index (κ1) is 12.7. The SMILES string of the molecule is C1C2CC3CC1CC(C2)C3.C=C(C)C(=O)OC. The lowest BCUT2D eigenvalue weighted by molar-refractivity contribution is -0.136. The molecule has 0 N–H and O–H groups in total. The summed E-state index contributed by atoms with van der Waals surface area (Å²) < 4.78 is 4.27. The van der Waals surface area contributed by atoms with Gasteiger partial charge in [0.25, 0.3) is 0 Å². The largest absolute Gasteiger partial charge is 0.466 e. The third-order valence-corrected chi connectivity index (χ3v) is 4.53. The topological polar surface area (TPSA) is 26.3 Å². The van der Waals surface area contributed by atoms with Crippen LogP contribution in [0.4, 0.5) is 0 Å². The minimum absolute atomic E-state index is 0.347. The lowest BCUT2D eigenvalue weighted by Gasteiger charge is -2.49. The molecule has 4 rings (SSSR count). The first-order valence-electron chi connectivity index (χ1n) is 6.82. The molecule has 4 aliphatic carbocycles. The second-order valence-corrected chi connectivity index (χ2v) is 6.15. The highest BCUT2D eigenvalue weighted by Gasteiger charge is 2.41. The quantitative estimate of drug-likeness (QED) is 0.514. The highest BCUT2D eigenvalue weighted by molar-refractivity contribution is 5.86. The standard InChI is InChI=1S/C10H16.C5H8O2/c1-7-2-9-4-8(1)5-10(3-7)6-9;1-4(2)5(6)7-3/h7-10H,1-6H2;1H2,2-3H3. The van der Waals surface area contributed by atoms with Crippen LogP contribution >= 0.6 is 0 Å². The summed E-state index contributed by atoms with van der Waals surface area (Å²) in [6, 6.07) is 0. The van der Waals surface area contributed by atoms with E-state index in [1.807, 2.05) is 0 Å². The van der Waals surface area contributed by atoms with Crippen LogP contribution in [0.3, 0.4) is 0 Å². The van der Waals surface area contributed by atoms with Crippen LogP contribution in [-0.4, -0.2) is 13.1 Å². The van der Waals surface area contributed by atoms with Gasteiger partial charge >= 0.3 is 5.97 Å². The van der Waals surface area contributed by atoms with Gasteiger partial charge in [-0.15, -0.1) is 0 Å². The number of methoxy groups -OCH3 is 1. The molecule has 0 heterocycles. The van der Waals surface area contributed by atoms with Crippen molar-refractivity contribution in [3.63, 3.8) is 0 Å². The van der Waals surface area contributed by atoms with Crippen molar-refractivity contribution in [2.75, 3.05) is 7.11 Å². The Balaban J connectivity index is 0.000000139. The van der Waals surface area contributed by atoms with E-state index in [4.69, 9.17) is 0 Å². The summed E-state index contributed by atoms with van der Waals surface area (Å²) in [6.45, 7) is 4.95. The van der Waals surface area contributed by atoms with Crippen molar-refractivity contribution < 1.29 is 9.53 Å². The second-order valence-electron chi connectivity index (χ2n) is 6.15. The maximum Gasteiger partial charge on any atom is 0.332 e. The van der Waals surface area contributed by atoms with Crippen molar-refractivity contribution in [1.82, 2.24) is 0 Å². The van der Waals surface area contributed by atoms with Crippen LogP contribution in [0.1, 0.15) is 45.4 Å². The Morgan fingerprint density at radius 1 is 0.941 bits per heavy atom. The fourth-order valence-electron chi connectivity index (χ4n) is 4.16. The second kappa shape index (κ2) is 5.24. The first-order chi connectivity index (χ1) is 8.08. The molecule has 0 aromatic carbocycles. The lowest BCUT2D eigenvalue weighted by Crippen LogP contribution is -2.38. The van der Waals surface area contributed by atoms with Gasteiger partial charge in [0, 0.05) is 5.57 Å². The monoisotopic (exact) mass is 236 g/mol. The van der Waals surface area contributed by atoms with E-state index in [0.29, 0.717) is 5.57 Å². The van der Waals surface area contributed by atoms with Gasteiger partial charge in [0.2, 0.25) is 0 Å². The number of hydrogen-bond acceptors (Lipinski definition) is 2. The Bertz CT molecular complexity index is 250. The minimum Gasteiger partial charge on any atom is -0.466 e. The Labute approximate surface area is 104 Å². The smallest absolute Gasteiger partial charge is 0.332 e. The molecule has 96 valence electrons. The fraction of sp³-hybridized carbons (Fsp3) is 0.800. The third-order valence-electron chi connectivity index (χ3n) is 4.53. The highest BCUT2D eigenvalue weighted by Crippen LogP contribution is 2.53. The number of ether oxygens (including phenoxy) is 1. The van der Waals surface area contributed by atoms with Crippen molar-refractivity contribution in [1.29, 1.82) is 0 Å². The van der Waals surface area contributed by atoms with Crippen molar-refractivity contribution in [2.45, 2.75) is 45.4 Å². The van der Waals surface area contributed by atoms with Gasteiger partial charge in [0.05, 0.1) is 7.11 Å². The predicted molar refractivity (Wildman–Crippen MR) is 68.5 cm³/mol. The van der Waals surface area contributed by atoms with Crippen LogP contribution < -0.4 is 0 Å². The first-order valence-corrected chi connectivity index (χ1v) is 6.82. The van der Waals surface area contributed by atoms with Gasteiger partial charge in [-0.05, 0) is 69.1 Å². The molecule has 4 fully saturated rings. The lowest BCUT2D eigenvalue weighted by atomic mass is 9.56. The van der Waals surface area contributed by atoms with E-state index < -0.39 is 0 Å². The summed E-state index contributed by atoms with van der Waals surface area (Å²) in [5.41, 5.74) is 0.433. The molecule has 0 aliphatic heterocycles. The molecule has 0 radical (unpaired) electrons.